The lowest BCUT2D eigenvalue weighted by Crippen LogP contribution is -2.29. The Labute approximate surface area is 555 Å². The van der Waals surface area contributed by atoms with Gasteiger partial charge in [0.1, 0.15) is 44.9 Å². The number of unbranched alkanes of at least 4 members (excludes halogenated alkanes) is 22. The second-order valence-corrected chi connectivity index (χ2v) is 21.7. The topological polar surface area (TPSA) is 349 Å². The molecule has 1 aliphatic heterocycles. The van der Waals surface area contributed by atoms with Crippen LogP contribution in [0.3, 0.4) is 0 Å². The number of hydrogen-bond acceptors (Lipinski definition) is 21. The summed E-state index contributed by atoms with van der Waals surface area (Å²) in [6, 6.07) is 12.8. The third-order valence-corrected chi connectivity index (χ3v) is 13.4. The van der Waals surface area contributed by atoms with Gasteiger partial charge in [0, 0.05) is 31.6 Å². The molecular weight excluding hydrogens is 1220 g/mol. The quantitative estimate of drug-likeness (QED) is 0.00306. The standard InChI is InChI=1S/C38H58O11.C18H34O2.C8H4O3.C4H4O4.C3H8O3/c1-4-5-6-7-8-9-10-11-12-13-14-15-16-17-18-24-37(42)49-33(29-44-3)30-45-36(41)25-21-26-47-48-28-32(40)27-46-38(43)35-23-20-19-22-34(35)31(2)39;1-2-3-4-5-6-7-8-9-10-11-12-13-14-15-16-17-18(19)20;9-7-5-3-1-2-4-6(5)8(10)11-7;5-3-8-2-1-4(6)7;4-1-3(6)2-5/h11-12,19-23,25,32-33,40H,4-10,13-18,24,26-30H2,1-3H3;9-10H,2-8,11-17H2,1H3,(H,19,20);1-4H;1-3H,(H,6,7);3-6H,1-2H2. The third-order valence-electron chi connectivity index (χ3n) is 13.4. The van der Waals surface area contributed by atoms with Gasteiger partial charge in [-0.2, -0.15) is 0 Å². The van der Waals surface area contributed by atoms with E-state index in [0.717, 1.165) is 63.7 Å². The number of cyclic esters (lactones) is 2. The molecule has 0 amide bonds. The minimum atomic E-state index is -1.18. The van der Waals surface area contributed by atoms with Crippen LogP contribution in [0.5, 0.6) is 0 Å². The van der Waals surface area contributed by atoms with Crippen LogP contribution < -0.4 is 0 Å². The van der Waals surface area contributed by atoms with Crippen molar-refractivity contribution in [2.24, 2.45) is 0 Å². The number of carbonyl (C=O) groups excluding carboxylic acids is 7. The number of rotatable bonds is 50. The number of carbonyl (C=O) groups is 9. The molecule has 0 saturated heterocycles. The SMILES string of the molecule is CCCCCCCCC=CCCCCCCCC(=O)O.CCCCCCCCC=CCCCCCCCC(=O)OC(COC)COC(=O)C=CCOOCC(O)COC(=O)c1ccccc1C(C)=O.O=C1OC(=O)c2ccccc21.O=COC=CC(=O)O.OCC(O)CO. The van der Waals surface area contributed by atoms with Crippen molar-refractivity contribution in [3.05, 3.63) is 120 Å². The van der Waals surface area contributed by atoms with Crippen LogP contribution in [0.15, 0.2) is 97.3 Å². The second-order valence-electron chi connectivity index (χ2n) is 21.7. The van der Waals surface area contributed by atoms with Crippen molar-refractivity contribution in [2.75, 3.05) is 53.4 Å². The smallest absolute Gasteiger partial charge is 0.346 e. The number of fused-ring (bicyclic) bond motifs is 1. The number of aliphatic hydroxyl groups excluding tert-OH is 4. The highest BCUT2D eigenvalue weighted by Crippen LogP contribution is 2.19. The zero-order valence-corrected chi connectivity index (χ0v) is 55.9. The van der Waals surface area contributed by atoms with Crippen molar-refractivity contribution in [2.45, 2.75) is 219 Å². The van der Waals surface area contributed by atoms with Gasteiger partial charge in [0.15, 0.2) is 11.9 Å². The Morgan fingerprint density at radius 2 is 1.00 bits per heavy atom. The van der Waals surface area contributed by atoms with Gasteiger partial charge in [-0.3, -0.25) is 19.2 Å². The minimum absolute atomic E-state index is 0.0902. The summed E-state index contributed by atoms with van der Waals surface area (Å²) in [5.74, 6) is -4.96. The molecule has 0 spiro atoms. The summed E-state index contributed by atoms with van der Waals surface area (Å²) >= 11 is 0. The average Bonchev–Trinajstić information content (AvgIpc) is 1.66. The fourth-order valence-corrected chi connectivity index (χ4v) is 8.30. The van der Waals surface area contributed by atoms with Crippen LogP contribution in [-0.4, -0.2) is 156 Å². The Morgan fingerprint density at radius 3 is 1.45 bits per heavy atom. The van der Waals surface area contributed by atoms with E-state index in [1.165, 1.54) is 148 Å². The number of carboxylic acids is 2. The Bertz CT molecular complexity index is 2410. The number of aliphatic carboxylic acids is 2. The highest BCUT2D eigenvalue weighted by atomic mass is 17.2. The number of carboxylic acid groups (broad SMARTS) is 2. The maximum absolute atomic E-state index is 12.3. The number of aliphatic hydroxyl groups is 4. The number of ether oxygens (including phenoxy) is 6. The lowest BCUT2D eigenvalue weighted by Gasteiger charge is -2.16. The highest BCUT2D eigenvalue weighted by molar-refractivity contribution is 6.14. The number of allylic oxidation sites excluding steroid dienone is 4. The highest BCUT2D eigenvalue weighted by Gasteiger charge is 2.28. The van der Waals surface area contributed by atoms with E-state index < -0.39 is 54.1 Å². The van der Waals surface area contributed by atoms with E-state index in [1.54, 1.807) is 36.4 Å². The Morgan fingerprint density at radius 1 is 0.532 bits per heavy atom. The number of esters is 5. The van der Waals surface area contributed by atoms with Gasteiger partial charge in [0.2, 0.25) is 0 Å². The summed E-state index contributed by atoms with van der Waals surface area (Å²) < 4.78 is 29.0. The van der Waals surface area contributed by atoms with Crippen molar-refractivity contribution in [1.29, 1.82) is 0 Å². The lowest BCUT2D eigenvalue weighted by molar-refractivity contribution is -0.298. The van der Waals surface area contributed by atoms with Gasteiger partial charge in [-0.15, -0.1) is 0 Å². The molecule has 0 radical (unpaired) electrons. The van der Waals surface area contributed by atoms with Gasteiger partial charge in [-0.05, 0) is 95.4 Å². The predicted octanol–water partition coefficient (Wildman–Crippen LogP) is 12.2. The first-order valence-electron chi connectivity index (χ1n) is 32.9. The van der Waals surface area contributed by atoms with E-state index in [4.69, 9.17) is 54.3 Å². The molecule has 0 aliphatic carbocycles. The Kier molecular flexibility index (Phi) is 60.9. The first-order chi connectivity index (χ1) is 45.4. The molecule has 0 fully saturated rings. The number of Topliss-reactive ketones (excluding diaryl/α,β-unsaturated/α-hetero) is 1. The van der Waals surface area contributed by atoms with Gasteiger partial charge in [-0.1, -0.05) is 171 Å². The molecule has 1 aliphatic rings. The van der Waals surface area contributed by atoms with Crippen LogP contribution in [0.25, 0.3) is 0 Å². The van der Waals surface area contributed by atoms with Crippen LogP contribution in [0.4, 0.5) is 0 Å². The maximum Gasteiger partial charge on any atom is 0.346 e. The van der Waals surface area contributed by atoms with Crippen LogP contribution in [0.1, 0.15) is 242 Å². The average molecular weight is 1330 g/mol. The van der Waals surface area contributed by atoms with E-state index in [0.29, 0.717) is 30.0 Å². The molecule has 0 aromatic heterocycles. The summed E-state index contributed by atoms with van der Waals surface area (Å²) in [6.07, 6.45) is 42.6. The van der Waals surface area contributed by atoms with Crippen molar-refractivity contribution < 1.29 is 112 Å². The van der Waals surface area contributed by atoms with Gasteiger partial charge in [0.25, 0.3) is 6.47 Å². The zero-order chi connectivity index (χ0) is 70.1. The molecule has 23 heteroatoms. The molecule has 2 aromatic rings. The van der Waals surface area contributed by atoms with Gasteiger partial charge >= 0.3 is 41.8 Å². The minimum Gasteiger partial charge on any atom is -0.481 e. The number of methoxy groups -OCH3 is 1. The monoisotopic (exact) mass is 1330 g/mol. The molecule has 94 heavy (non-hydrogen) atoms. The normalized spacial score (nSPS) is 12.1. The van der Waals surface area contributed by atoms with Crippen molar-refractivity contribution >= 4 is 54.0 Å². The lowest BCUT2D eigenvalue weighted by atomic mass is 10.0. The van der Waals surface area contributed by atoms with Crippen LogP contribution in [0, 0.1) is 0 Å². The summed E-state index contributed by atoms with van der Waals surface area (Å²) in [5, 5.41) is 50.3. The molecule has 530 valence electrons. The van der Waals surface area contributed by atoms with Crippen LogP contribution >= 0.6 is 0 Å². The summed E-state index contributed by atoms with van der Waals surface area (Å²) in [6.45, 7) is 4.38. The van der Waals surface area contributed by atoms with Crippen LogP contribution in [-0.2, 0) is 62.2 Å². The first kappa shape index (κ1) is 88.8. The predicted molar refractivity (Wildman–Crippen MR) is 353 cm³/mol. The Balaban J connectivity index is 0. The van der Waals surface area contributed by atoms with Crippen LogP contribution in [0.2, 0.25) is 0 Å². The van der Waals surface area contributed by atoms with E-state index in [1.807, 2.05) is 0 Å². The molecule has 2 atom stereocenters. The van der Waals surface area contributed by atoms with Gasteiger partial charge in [0.05, 0.1) is 42.6 Å². The number of ketones is 1. The molecule has 6 N–H and O–H groups in total. The maximum atomic E-state index is 12.3. The van der Waals surface area contributed by atoms with Crippen molar-refractivity contribution in [3.63, 3.8) is 0 Å². The van der Waals surface area contributed by atoms with Crippen molar-refractivity contribution in [3.8, 4) is 0 Å². The van der Waals surface area contributed by atoms with Crippen molar-refractivity contribution in [1.82, 2.24) is 0 Å². The molecule has 2 unspecified atom stereocenters. The third kappa shape index (κ3) is 55.2. The second kappa shape index (κ2) is 64.5. The molecular formula is C71H108O23. The molecule has 2 aromatic carbocycles. The van der Waals surface area contributed by atoms with Gasteiger partial charge in [-0.25, -0.2) is 33.7 Å². The fraction of sp³-hybridized carbons (Fsp3) is 0.592. The largest absolute Gasteiger partial charge is 0.481 e. The van der Waals surface area contributed by atoms with Gasteiger partial charge < -0.3 is 59.1 Å². The first-order valence-corrected chi connectivity index (χ1v) is 32.9. The summed E-state index contributed by atoms with van der Waals surface area (Å²) in [5.41, 5.74) is 1.05. The number of benzene rings is 2. The summed E-state index contributed by atoms with van der Waals surface area (Å²) in [4.78, 5) is 109. The fourth-order valence-electron chi connectivity index (χ4n) is 8.30. The molecule has 3 rings (SSSR count). The molecule has 0 bridgehead atoms. The Hall–Kier alpha value is -7.25. The number of hydrogen-bond donors (Lipinski definition) is 6. The molecule has 0 saturated carbocycles. The molecule has 1 heterocycles. The molecule has 23 nitrogen and oxygen atoms in total. The van der Waals surface area contributed by atoms with E-state index >= 15 is 0 Å². The van der Waals surface area contributed by atoms with E-state index in [9.17, 15) is 48.3 Å². The summed E-state index contributed by atoms with van der Waals surface area (Å²) in [7, 11) is 1.47. The zero-order valence-electron chi connectivity index (χ0n) is 55.9. The van der Waals surface area contributed by atoms with E-state index in [2.05, 4.69) is 47.6 Å². The van der Waals surface area contributed by atoms with E-state index in [-0.39, 0.29) is 75.6 Å².